The zero-order valence-corrected chi connectivity index (χ0v) is 14.4. The first-order valence-electron chi connectivity index (χ1n) is 8.46. The van der Waals surface area contributed by atoms with Crippen molar-refractivity contribution in [2.24, 2.45) is 0 Å². The number of rotatable bonds is 4. The fraction of sp³-hybridized carbons (Fsp3) is 0.421. The third kappa shape index (κ3) is 3.91. The summed E-state index contributed by atoms with van der Waals surface area (Å²) in [6.07, 6.45) is 6.01. The van der Waals surface area contributed by atoms with Gasteiger partial charge in [-0.15, -0.1) is 0 Å². The first kappa shape index (κ1) is 16.4. The number of aryl methyl sites for hydroxylation is 1. The minimum atomic E-state index is 0.145. The molecule has 3 rings (SSSR count). The summed E-state index contributed by atoms with van der Waals surface area (Å²) in [4.78, 5) is 25.5. The molecule has 0 N–H and O–H groups in total. The van der Waals surface area contributed by atoms with Gasteiger partial charge in [0.1, 0.15) is 5.82 Å². The Labute approximate surface area is 143 Å². The van der Waals surface area contributed by atoms with Gasteiger partial charge in [-0.05, 0) is 43.5 Å². The molecule has 1 fully saturated rings. The first-order valence-corrected chi connectivity index (χ1v) is 8.46. The number of carbonyl (C=O) groups is 1. The average molecular weight is 324 g/mol. The van der Waals surface area contributed by atoms with Gasteiger partial charge in [0, 0.05) is 44.3 Å². The second-order valence-electron chi connectivity index (χ2n) is 6.42. The second kappa shape index (κ2) is 7.43. The van der Waals surface area contributed by atoms with Gasteiger partial charge >= 0.3 is 0 Å². The highest BCUT2D eigenvalue weighted by Crippen LogP contribution is 2.21. The molecular weight excluding hydrogens is 300 g/mol. The number of pyridine rings is 2. The van der Waals surface area contributed by atoms with Gasteiger partial charge < -0.3 is 9.80 Å². The van der Waals surface area contributed by atoms with Crippen molar-refractivity contribution in [3.63, 3.8) is 0 Å². The Morgan fingerprint density at radius 3 is 2.96 bits per heavy atom. The van der Waals surface area contributed by atoms with Crippen LogP contribution in [-0.2, 0) is 11.2 Å². The number of nitrogens with zero attached hydrogens (tertiary/aromatic N) is 4. The van der Waals surface area contributed by atoms with Crippen LogP contribution in [0.4, 0.5) is 5.82 Å². The molecule has 5 nitrogen and oxygen atoms in total. The Bertz CT molecular complexity index is 689. The first-order chi connectivity index (χ1) is 11.6. The van der Waals surface area contributed by atoms with E-state index < -0.39 is 0 Å². The van der Waals surface area contributed by atoms with Crippen LogP contribution < -0.4 is 4.90 Å². The van der Waals surface area contributed by atoms with Gasteiger partial charge in [-0.3, -0.25) is 9.78 Å². The normalized spacial score (nSPS) is 17.6. The molecule has 0 spiro atoms. The molecule has 126 valence electrons. The number of carbonyl (C=O) groups excluding carboxylic acids is 1. The highest BCUT2D eigenvalue weighted by Gasteiger charge is 2.26. The smallest absolute Gasteiger partial charge is 0.227 e. The maximum Gasteiger partial charge on any atom is 0.227 e. The summed E-state index contributed by atoms with van der Waals surface area (Å²) in [5.41, 5.74) is 1.98. The van der Waals surface area contributed by atoms with E-state index in [1.807, 2.05) is 49.2 Å². The van der Waals surface area contributed by atoms with Crippen LogP contribution in [-0.4, -0.2) is 47.0 Å². The number of aromatic nitrogens is 2. The lowest BCUT2D eigenvalue weighted by Crippen LogP contribution is -2.49. The minimum Gasteiger partial charge on any atom is -0.355 e. The molecule has 1 aliphatic heterocycles. The second-order valence-corrected chi connectivity index (χ2v) is 6.42. The van der Waals surface area contributed by atoms with Gasteiger partial charge in [0.05, 0.1) is 6.42 Å². The summed E-state index contributed by atoms with van der Waals surface area (Å²) >= 11 is 0. The maximum atomic E-state index is 12.6. The van der Waals surface area contributed by atoms with Crippen LogP contribution in [0.25, 0.3) is 0 Å². The molecule has 0 unspecified atom stereocenters. The van der Waals surface area contributed by atoms with E-state index >= 15 is 0 Å². The molecule has 3 heterocycles. The van der Waals surface area contributed by atoms with E-state index in [4.69, 9.17) is 0 Å². The lowest BCUT2D eigenvalue weighted by atomic mass is 10.0. The van der Waals surface area contributed by atoms with E-state index in [0.717, 1.165) is 43.0 Å². The molecule has 1 saturated heterocycles. The highest BCUT2D eigenvalue weighted by atomic mass is 16.2. The van der Waals surface area contributed by atoms with Gasteiger partial charge in [0.2, 0.25) is 5.91 Å². The molecule has 24 heavy (non-hydrogen) atoms. The fourth-order valence-corrected chi connectivity index (χ4v) is 3.19. The number of amides is 1. The van der Waals surface area contributed by atoms with Crippen LogP contribution in [0, 0.1) is 6.92 Å². The Balaban J connectivity index is 1.64. The third-order valence-corrected chi connectivity index (χ3v) is 4.61. The van der Waals surface area contributed by atoms with E-state index in [1.165, 1.54) is 0 Å². The van der Waals surface area contributed by atoms with Gasteiger partial charge in [-0.25, -0.2) is 4.98 Å². The summed E-state index contributed by atoms with van der Waals surface area (Å²) in [5, 5.41) is 0. The predicted octanol–water partition coefficient (Wildman–Crippen LogP) is 2.45. The third-order valence-electron chi connectivity index (χ3n) is 4.61. The monoisotopic (exact) mass is 324 g/mol. The van der Waals surface area contributed by atoms with Crippen molar-refractivity contribution < 1.29 is 4.79 Å². The Morgan fingerprint density at radius 2 is 2.21 bits per heavy atom. The van der Waals surface area contributed by atoms with Crippen molar-refractivity contribution in [3.8, 4) is 0 Å². The topological polar surface area (TPSA) is 49.3 Å². The van der Waals surface area contributed by atoms with Gasteiger partial charge in [-0.1, -0.05) is 12.1 Å². The number of anilines is 1. The lowest BCUT2D eigenvalue weighted by molar-refractivity contribution is -0.131. The Kier molecular flexibility index (Phi) is 5.08. The number of piperidine rings is 1. The van der Waals surface area contributed by atoms with Crippen molar-refractivity contribution in [2.45, 2.75) is 32.2 Å². The number of hydrogen-bond donors (Lipinski definition) is 0. The number of hydrogen-bond acceptors (Lipinski definition) is 4. The van der Waals surface area contributed by atoms with Crippen molar-refractivity contribution in [1.82, 2.24) is 14.9 Å². The van der Waals surface area contributed by atoms with Crippen LogP contribution in [0.2, 0.25) is 0 Å². The summed E-state index contributed by atoms with van der Waals surface area (Å²) < 4.78 is 0. The number of likely N-dealkylation sites (N-methyl/N-ethyl adjacent to an activating group) is 1. The van der Waals surface area contributed by atoms with E-state index in [9.17, 15) is 4.79 Å². The summed E-state index contributed by atoms with van der Waals surface area (Å²) in [6.45, 7) is 3.85. The Hall–Kier alpha value is -2.43. The van der Waals surface area contributed by atoms with Crippen molar-refractivity contribution in [1.29, 1.82) is 0 Å². The molecule has 0 saturated carbocycles. The van der Waals surface area contributed by atoms with Gasteiger partial charge in [0.15, 0.2) is 0 Å². The maximum absolute atomic E-state index is 12.6. The predicted molar refractivity (Wildman–Crippen MR) is 94.9 cm³/mol. The quantitative estimate of drug-likeness (QED) is 0.867. The minimum absolute atomic E-state index is 0.145. The molecule has 0 bridgehead atoms. The van der Waals surface area contributed by atoms with Crippen LogP contribution in [0.3, 0.4) is 0 Å². The van der Waals surface area contributed by atoms with E-state index in [2.05, 4.69) is 14.9 Å². The highest BCUT2D eigenvalue weighted by molar-refractivity contribution is 5.78. The summed E-state index contributed by atoms with van der Waals surface area (Å²) in [5.74, 6) is 1.15. The summed E-state index contributed by atoms with van der Waals surface area (Å²) in [7, 11) is 1.91. The van der Waals surface area contributed by atoms with Crippen molar-refractivity contribution >= 4 is 11.7 Å². The van der Waals surface area contributed by atoms with E-state index in [0.29, 0.717) is 6.42 Å². The van der Waals surface area contributed by atoms with E-state index in [-0.39, 0.29) is 11.9 Å². The van der Waals surface area contributed by atoms with Crippen molar-refractivity contribution in [2.75, 3.05) is 25.0 Å². The molecule has 1 atom stereocenters. The van der Waals surface area contributed by atoms with Crippen molar-refractivity contribution in [3.05, 3.63) is 54.0 Å². The molecular formula is C19H24N4O. The zero-order valence-electron chi connectivity index (χ0n) is 14.4. The molecule has 0 aliphatic carbocycles. The summed E-state index contributed by atoms with van der Waals surface area (Å²) in [6, 6.07) is 10.1. The standard InChI is InChI=1S/C19H24N4O/c1-15-6-3-9-18(21-15)23-11-5-8-17(14-23)22(2)19(24)12-16-7-4-10-20-13-16/h3-4,6-7,9-10,13,17H,5,8,11-12,14H2,1-2H3/t17-/m0/s1. The van der Waals surface area contributed by atoms with Crippen LogP contribution >= 0.6 is 0 Å². The molecule has 5 heteroatoms. The molecule has 2 aromatic heterocycles. The Morgan fingerprint density at radius 1 is 1.33 bits per heavy atom. The average Bonchev–Trinajstić information content (AvgIpc) is 2.62. The largest absolute Gasteiger partial charge is 0.355 e. The van der Waals surface area contributed by atoms with Crippen LogP contribution in [0.15, 0.2) is 42.7 Å². The van der Waals surface area contributed by atoms with Crippen LogP contribution in [0.5, 0.6) is 0 Å². The van der Waals surface area contributed by atoms with Gasteiger partial charge in [0.25, 0.3) is 0 Å². The SMILES string of the molecule is Cc1cccc(N2CCC[C@H](N(C)C(=O)Cc3cccnc3)C2)n1. The molecule has 0 aromatic carbocycles. The fourth-order valence-electron chi connectivity index (χ4n) is 3.19. The van der Waals surface area contributed by atoms with Crippen LogP contribution in [0.1, 0.15) is 24.1 Å². The zero-order chi connectivity index (χ0) is 16.9. The molecule has 1 amide bonds. The van der Waals surface area contributed by atoms with E-state index in [1.54, 1.807) is 12.4 Å². The molecule has 0 radical (unpaired) electrons. The lowest BCUT2D eigenvalue weighted by Gasteiger charge is -2.38. The molecule has 2 aromatic rings. The van der Waals surface area contributed by atoms with Gasteiger partial charge in [-0.2, -0.15) is 0 Å². The molecule has 1 aliphatic rings.